The van der Waals surface area contributed by atoms with Gasteiger partial charge in [-0.15, -0.1) is 12.8 Å². The highest BCUT2D eigenvalue weighted by Crippen LogP contribution is 2.70. The van der Waals surface area contributed by atoms with Crippen LogP contribution in [0.1, 0.15) is 90.9 Å². The topological polar surface area (TPSA) is 127 Å². The molecule has 8 nitrogen and oxygen atoms in total. The molecule has 0 bridgehead atoms. The van der Waals surface area contributed by atoms with Gasteiger partial charge in [0.2, 0.25) is 0 Å². The zero-order chi connectivity index (χ0) is 27.9. The van der Waals surface area contributed by atoms with E-state index in [4.69, 9.17) is 32.5 Å². The molecule has 8 heteroatoms. The minimum absolute atomic E-state index is 0.136. The number of hydrogen-bond donors (Lipinski definition) is 2. The summed E-state index contributed by atoms with van der Waals surface area (Å²) in [5.74, 6) is 3.63. The minimum Gasteiger partial charge on any atom is -0.481 e. The lowest BCUT2D eigenvalue weighted by molar-refractivity contribution is -0.175. The summed E-state index contributed by atoms with van der Waals surface area (Å²) < 4.78 is 11.7. The van der Waals surface area contributed by atoms with E-state index < -0.39 is 40.5 Å². The molecule has 8 atom stereocenters. The van der Waals surface area contributed by atoms with Crippen molar-refractivity contribution in [3.05, 3.63) is 0 Å². The molecule has 4 fully saturated rings. The van der Waals surface area contributed by atoms with E-state index in [9.17, 15) is 19.2 Å². The fourth-order valence-electron chi connectivity index (χ4n) is 8.81. The van der Waals surface area contributed by atoms with Gasteiger partial charge in [0.1, 0.15) is 0 Å². The van der Waals surface area contributed by atoms with Crippen LogP contribution in [0, 0.1) is 59.2 Å². The van der Waals surface area contributed by atoms with Crippen molar-refractivity contribution in [2.45, 2.75) is 102 Å². The number of hydrogen-bond acceptors (Lipinski definition) is 6. The predicted octanol–water partition coefficient (Wildman–Crippen LogP) is 4.20. The van der Waals surface area contributed by atoms with Gasteiger partial charge in [-0.2, -0.15) is 0 Å². The highest BCUT2D eigenvalue weighted by Gasteiger charge is 2.68. The first-order valence-electron chi connectivity index (χ1n) is 13.7. The average Bonchev–Trinajstić information content (AvgIpc) is 3.32. The fraction of sp³-hybridized carbons (Fsp3) is 0.733. The minimum atomic E-state index is -1.05. The van der Waals surface area contributed by atoms with Crippen LogP contribution in [0.2, 0.25) is 0 Å². The Balaban J connectivity index is 1.53. The molecular weight excluding hydrogens is 488 g/mol. The Morgan fingerprint density at radius 2 is 1.42 bits per heavy atom. The maximum atomic E-state index is 12.6. The van der Waals surface area contributed by atoms with E-state index in [2.05, 4.69) is 25.7 Å². The van der Waals surface area contributed by atoms with E-state index in [0.29, 0.717) is 37.0 Å². The van der Waals surface area contributed by atoms with Crippen molar-refractivity contribution in [2.75, 3.05) is 0 Å². The smallest absolute Gasteiger partial charge is 0.307 e. The first-order valence-corrected chi connectivity index (χ1v) is 13.7. The van der Waals surface area contributed by atoms with E-state index in [-0.39, 0.29) is 37.0 Å². The molecule has 0 spiro atoms. The zero-order valence-electron chi connectivity index (χ0n) is 22.3. The molecule has 4 rings (SSSR count). The van der Waals surface area contributed by atoms with Crippen LogP contribution in [0.25, 0.3) is 0 Å². The molecule has 0 saturated heterocycles. The monoisotopic (exact) mass is 526 g/mol. The van der Waals surface area contributed by atoms with Crippen LogP contribution in [-0.4, -0.2) is 45.3 Å². The lowest BCUT2D eigenvalue weighted by atomic mass is 9.47. The van der Waals surface area contributed by atoms with Gasteiger partial charge in [-0.05, 0) is 67.6 Å². The lowest BCUT2D eigenvalue weighted by Gasteiger charge is -2.58. The summed E-state index contributed by atoms with van der Waals surface area (Å²) in [5.41, 5.74) is -2.62. The molecule has 0 heterocycles. The van der Waals surface area contributed by atoms with Crippen molar-refractivity contribution in [1.82, 2.24) is 0 Å². The number of terminal acetylenes is 2. The average molecular weight is 527 g/mol. The number of esters is 2. The van der Waals surface area contributed by atoms with Gasteiger partial charge in [0.15, 0.2) is 11.2 Å². The summed E-state index contributed by atoms with van der Waals surface area (Å²) in [6, 6.07) is 0. The van der Waals surface area contributed by atoms with Crippen molar-refractivity contribution in [3.63, 3.8) is 0 Å². The molecule has 4 saturated carbocycles. The van der Waals surface area contributed by atoms with Crippen molar-refractivity contribution < 1.29 is 38.9 Å². The highest BCUT2D eigenvalue weighted by atomic mass is 16.6. The van der Waals surface area contributed by atoms with Crippen LogP contribution < -0.4 is 0 Å². The molecule has 0 aliphatic heterocycles. The van der Waals surface area contributed by atoms with Crippen LogP contribution in [0.15, 0.2) is 0 Å². The summed E-state index contributed by atoms with van der Waals surface area (Å²) in [7, 11) is 0. The molecule has 4 aliphatic carbocycles. The molecule has 4 aliphatic rings. The summed E-state index contributed by atoms with van der Waals surface area (Å²) in [6.45, 7) is 4.39. The molecule has 0 amide bonds. The predicted molar refractivity (Wildman–Crippen MR) is 136 cm³/mol. The molecule has 0 unspecified atom stereocenters. The van der Waals surface area contributed by atoms with Crippen molar-refractivity contribution in [3.8, 4) is 24.7 Å². The standard InChI is InChI=1S/C30H38O8/c1-5-29(37-25(35)11-9-23(31)32)17-19-7-8-20-21(27(19,3)18-29)13-15-28(4)22(20)14-16-30(28,6-2)38-26(36)12-10-24(33)34/h1-2,19-22H,7-18H2,3-4H3,(H,31,32)(H,33,34)/t19-,20+,21-,22-,27-,28-,29-,30+/m0/s1. The van der Waals surface area contributed by atoms with Crippen LogP contribution in [0.3, 0.4) is 0 Å². The summed E-state index contributed by atoms with van der Waals surface area (Å²) in [6.07, 6.45) is 17.1. The SMILES string of the molecule is C#C[C@]1(OC(=O)CCC(=O)O)C[C@@H]2CC[C@@H]3[C@H](CC[C@@]4(C)[C@H]3CC[C@@]4(C#C)OC(=O)CCC(=O)O)[C@@]2(C)C1. The van der Waals surface area contributed by atoms with Crippen molar-refractivity contribution >= 4 is 23.9 Å². The Labute approximate surface area is 224 Å². The molecule has 0 radical (unpaired) electrons. The summed E-state index contributed by atoms with van der Waals surface area (Å²) in [5, 5.41) is 17.9. The first-order chi connectivity index (χ1) is 17.8. The number of carboxylic acid groups (broad SMARTS) is 2. The van der Waals surface area contributed by atoms with E-state index >= 15 is 0 Å². The Morgan fingerprint density at radius 1 is 0.816 bits per heavy atom. The highest BCUT2D eigenvalue weighted by molar-refractivity contribution is 5.77. The Bertz CT molecular complexity index is 1100. The number of carboxylic acids is 2. The second-order valence-corrected chi connectivity index (χ2v) is 12.4. The van der Waals surface area contributed by atoms with Gasteiger partial charge < -0.3 is 19.7 Å². The van der Waals surface area contributed by atoms with Crippen LogP contribution in [0.4, 0.5) is 0 Å². The number of ether oxygens (including phenoxy) is 2. The maximum Gasteiger partial charge on any atom is 0.307 e. The summed E-state index contributed by atoms with van der Waals surface area (Å²) >= 11 is 0. The number of carbonyl (C=O) groups excluding carboxylic acids is 2. The van der Waals surface area contributed by atoms with E-state index in [1.54, 1.807) is 0 Å². The van der Waals surface area contributed by atoms with E-state index in [1.807, 2.05) is 0 Å². The molecule has 38 heavy (non-hydrogen) atoms. The van der Waals surface area contributed by atoms with Crippen molar-refractivity contribution in [2.24, 2.45) is 34.5 Å². The third kappa shape index (κ3) is 4.57. The Morgan fingerprint density at radius 3 is 2.00 bits per heavy atom. The van der Waals surface area contributed by atoms with E-state index in [0.717, 1.165) is 32.1 Å². The van der Waals surface area contributed by atoms with Gasteiger partial charge >= 0.3 is 23.9 Å². The maximum absolute atomic E-state index is 12.6. The first kappa shape index (κ1) is 28.0. The number of rotatable bonds is 8. The fourth-order valence-corrected chi connectivity index (χ4v) is 8.81. The molecule has 2 N–H and O–H groups in total. The molecule has 206 valence electrons. The normalized spacial score (nSPS) is 40.9. The van der Waals surface area contributed by atoms with Gasteiger partial charge in [0.25, 0.3) is 0 Å². The zero-order valence-corrected chi connectivity index (χ0v) is 22.3. The van der Waals surface area contributed by atoms with Gasteiger partial charge in [0.05, 0.1) is 25.7 Å². The molecule has 0 aromatic heterocycles. The Kier molecular flexibility index (Phi) is 7.34. The summed E-state index contributed by atoms with van der Waals surface area (Å²) in [4.78, 5) is 46.9. The van der Waals surface area contributed by atoms with E-state index in [1.165, 1.54) is 0 Å². The quantitative estimate of drug-likeness (QED) is 0.356. The third-order valence-corrected chi connectivity index (χ3v) is 10.6. The molecule has 0 aromatic carbocycles. The third-order valence-electron chi connectivity index (χ3n) is 10.6. The second-order valence-electron chi connectivity index (χ2n) is 12.4. The van der Waals surface area contributed by atoms with Crippen molar-refractivity contribution in [1.29, 1.82) is 0 Å². The number of carbonyl (C=O) groups is 4. The Hall–Kier alpha value is -3.00. The van der Waals surface area contributed by atoms with Crippen LogP contribution >= 0.6 is 0 Å². The van der Waals surface area contributed by atoms with Crippen LogP contribution in [0.5, 0.6) is 0 Å². The largest absolute Gasteiger partial charge is 0.481 e. The molecular formula is C30H38O8. The number of fused-ring (bicyclic) bond motifs is 5. The van der Waals surface area contributed by atoms with Gasteiger partial charge in [0, 0.05) is 18.3 Å². The van der Waals surface area contributed by atoms with Gasteiger partial charge in [-0.3, -0.25) is 19.2 Å². The van der Waals surface area contributed by atoms with Crippen LogP contribution in [-0.2, 0) is 28.7 Å². The number of aliphatic carboxylic acids is 2. The van der Waals surface area contributed by atoms with Gasteiger partial charge in [-0.1, -0.05) is 25.7 Å². The lowest BCUT2D eigenvalue weighted by Crippen LogP contribution is -2.55. The molecule has 0 aromatic rings. The van der Waals surface area contributed by atoms with Gasteiger partial charge in [-0.25, -0.2) is 0 Å². The second kappa shape index (κ2) is 9.95.